The Kier molecular flexibility index (Phi) is 5.42. The lowest BCUT2D eigenvalue weighted by molar-refractivity contribution is -0.117. The number of carbonyl (C=O) groups is 1. The highest BCUT2D eigenvalue weighted by Crippen LogP contribution is 2.36. The summed E-state index contributed by atoms with van der Waals surface area (Å²) in [5.41, 5.74) is 0.789. The van der Waals surface area contributed by atoms with Crippen molar-refractivity contribution in [3.05, 3.63) is 24.3 Å². The molecule has 0 spiro atoms. The molecule has 0 unspecified atom stereocenters. The number of nitrogens with one attached hydrogen (secondary N) is 1. The Morgan fingerprint density at radius 3 is 2.11 bits per heavy atom. The Labute approximate surface area is 161 Å². The van der Waals surface area contributed by atoms with Crippen molar-refractivity contribution in [2.24, 2.45) is 0 Å². The quantitative estimate of drug-likeness (QED) is 0.756. The number of hydrogen-bond donors (Lipinski definition) is 1. The number of hydrogen-bond acceptors (Lipinski definition) is 6. The third-order valence-corrected chi connectivity index (χ3v) is 7.13. The van der Waals surface area contributed by atoms with Crippen molar-refractivity contribution in [3.8, 4) is 0 Å². The molecule has 1 N–H and O–H groups in total. The molecule has 1 aromatic rings. The lowest BCUT2D eigenvalue weighted by Crippen LogP contribution is -2.43. The molecular weight excluding hydrogens is 367 g/mol. The topological polar surface area (TPSA) is 84.9 Å². The Balaban J connectivity index is 1.54. The zero-order chi connectivity index (χ0) is 19.9. The summed E-state index contributed by atoms with van der Waals surface area (Å²) in [5.74, 6) is 0.0734. The van der Waals surface area contributed by atoms with Gasteiger partial charge in [-0.1, -0.05) is 12.1 Å². The summed E-state index contributed by atoms with van der Waals surface area (Å²) in [5, 5.41) is 2.85. The first kappa shape index (κ1) is 20.3. The van der Waals surface area contributed by atoms with E-state index in [4.69, 9.17) is 9.31 Å². The van der Waals surface area contributed by atoms with E-state index in [-0.39, 0.29) is 24.0 Å². The minimum absolute atomic E-state index is 0.114. The Hall–Kier alpha value is -1.42. The van der Waals surface area contributed by atoms with Crippen LogP contribution in [0.3, 0.4) is 0 Å². The number of amides is 1. The lowest BCUT2D eigenvalue weighted by atomic mass is 9.79. The monoisotopic (exact) mass is 394 g/mol. The average molecular weight is 394 g/mol. The maximum Gasteiger partial charge on any atom is 0.494 e. The van der Waals surface area contributed by atoms with E-state index in [2.05, 4.69) is 5.32 Å². The van der Waals surface area contributed by atoms with Crippen LogP contribution in [0.25, 0.3) is 0 Å². The van der Waals surface area contributed by atoms with Crippen LogP contribution in [0.2, 0.25) is 0 Å². The summed E-state index contributed by atoms with van der Waals surface area (Å²) in [6, 6.07) is 7.40. The predicted molar refractivity (Wildman–Crippen MR) is 106 cm³/mol. The van der Waals surface area contributed by atoms with Gasteiger partial charge in [-0.05, 0) is 45.3 Å². The maximum atomic E-state index is 12.2. The molecule has 0 aliphatic carbocycles. The average Bonchev–Trinajstić information content (AvgIpc) is 2.78. The Bertz CT molecular complexity index is 778. The van der Waals surface area contributed by atoms with E-state index in [1.807, 2.05) is 56.9 Å². The van der Waals surface area contributed by atoms with Crippen molar-refractivity contribution in [1.29, 1.82) is 0 Å². The third-order valence-electron chi connectivity index (χ3n) is 5.52. The summed E-state index contributed by atoms with van der Waals surface area (Å²) >= 11 is 0. The van der Waals surface area contributed by atoms with Gasteiger partial charge >= 0.3 is 7.12 Å². The fourth-order valence-electron chi connectivity index (χ4n) is 3.01. The van der Waals surface area contributed by atoms with Gasteiger partial charge in [0.25, 0.3) is 0 Å². The molecule has 0 bridgehead atoms. The molecule has 2 saturated heterocycles. The van der Waals surface area contributed by atoms with Crippen molar-refractivity contribution >= 4 is 34.0 Å². The largest absolute Gasteiger partial charge is 0.494 e. The van der Waals surface area contributed by atoms with Crippen LogP contribution < -0.4 is 10.8 Å². The maximum absolute atomic E-state index is 12.2. The number of anilines is 1. The van der Waals surface area contributed by atoms with Crippen molar-refractivity contribution < 1.29 is 22.5 Å². The fourth-order valence-corrected chi connectivity index (χ4v) is 4.29. The molecule has 2 heterocycles. The molecule has 1 aromatic carbocycles. The highest BCUT2D eigenvalue weighted by Gasteiger charge is 2.51. The summed E-state index contributed by atoms with van der Waals surface area (Å²) < 4.78 is 34.9. The molecule has 0 atom stereocenters. The van der Waals surface area contributed by atoms with E-state index in [0.717, 1.165) is 5.46 Å². The van der Waals surface area contributed by atoms with Gasteiger partial charge in [-0.3, -0.25) is 9.69 Å². The zero-order valence-corrected chi connectivity index (χ0v) is 17.1. The minimum Gasteiger partial charge on any atom is -0.399 e. The lowest BCUT2D eigenvalue weighted by Gasteiger charge is -2.32. The van der Waals surface area contributed by atoms with Gasteiger partial charge in [0.2, 0.25) is 5.91 Å². The van der Waals surface area contributed by atoms with Gasteiger partial charge in [0, 0.05) is 18.8 Å². The summed E-state index contributed by atoms with van der Waals surface area (Å²) in [7, 11) is -3.37. The van der Waals surface area contributed by atoms with Gasteiger partial charge in [-0.15, -0.1) is 0 Å². The van der Waals surface area contributed by atoms with Crippen molar-refractivity contribution in [2.75, 3.05) is 36.5 Å². The number of rotatable bonds is 4. The first-order valence-corrected chi connectivity index (χ1v) is 11.0. The van der Waals surface area contributed by atoms with Gasteiger partial charge in [-0.25, -0.2) is 8.42 Å². The van der Waals surface area contributed by atoms with Gasteiger partial charge in [-0.2, -0.15) is 0 Å². The normalized spacial score (nSPS) is 23.9. The smallest absolute Gasteiger partial charge is 0.399 e. The first-order chi connectivity index (χ1) is 12.5. The minimum atomic E-state index is -2.94. The molecule has 148 valence electrons. The van der Waals surface area contributed by atoms with E-state index in [1.54, 1.807) is 0 Å². The Morgan fingerprint density at radius 2 is 1.59 bits per heavy atom. The molecule has 2 fully saturated rings. The van der Waals surface area contributed by atoms with Crippen LogP contribution in [0.1, 0.15) is 27.7 Å². The number of carbonyl (C=O) groups excluding carboxylic acids is 1. The highest BCUT2D eigenvalue weighted by atomic mass is 32.2. The summed E-state index contributed by atoms with van der Waals surface area (Å²) in [6.07, 6.45) is 0. The van der Waals surface area contributed by atoms with Gasteiger partial charge in [0.05, 0.1) is 29.3 Å². The van der Waals surface area contributed by atoms with Crippen LogP contribution in [0, 0.1) is 0 Å². The van der Waals surface area contributed by atoms with E-state index in [0.29, 0.717) is 18.8 Å². The second-order valence-electron chi connectivity index (χ2n) is 8.19. The van der Waals surface area contributed by atoms with E-state index < -0.39 is 28.2 Å². The zero-order valence-electron chi connectivity index (χ0n) is 16.3. The van der Waals surface area contributed by atoms with Crippen LogP contribution in [0.5, 0.6) is 0 Å². The molecule has 7 nitrogen and oxygen atoms in total. The fraction of sp³-hybridized carbons (Fsp3) is 0.611. The molecule has 0 saturated carbocycles. The molecule has 0 radical (unpaired) electrons. The van der Waals surface area contributed by atoms with Crippen molar-refractivity contribution in [1.82, 2.24) is 4.90 Å². The molecule has 3 rings (SSSR count). The number of benzene rings is 1. The molecule has 2 aliphatic heterocycles. The van der Waals surface area contributed by atoms with Crippen LogP contribution in [-0.2, 0) is 23.9 Å². The van der Waals surface area contributed by atoms with Crippen LogP contribution >= 0.6 is 0 Å². The summed E-state index contributed by atoms with van der Waals surface area (Å²) in [6.45, 7) is 9.02. The molecule has 9 heteroatoms. The standard InChI is InChI=1S/C18H27BN2O5S/c1-17(2)18(3,4)26-19(25-17)14-5-7-15(8-6-14)20-16(22)13-21-9-11-27(23,24)12-10-21/h5-8H,9-13H2,1-4H3,(H,20,22). The van der Waals surface area contributed by atoms with Crippen LogP contribution in [0.15, 0.2) is 24.3 Å². The molecule has 1 amide bonds. The third kappa shape index (κ3) is 4.71. The number of nitrogens with zero attached hydrogens (tertiary/aromatic N) is 1. The molecule has 2 aliphatic rings. The van der Waals surface area contributed by atoms with Crippen molar-refractivity contribution in [2.45, 2.75) is 38.9 Å². The molecule has 27 heavy (non-hydrogen) atoms. The second kappa shape index (κ2) is 7.20. The SMILES string of the molecule is CC1(C)OB(c2ccc(NC(=O)CN3CCS(=O)(=O)CC3)cc2)OC1(C)C. The number of sulfone groups is 1. The first-order valence-electron chi connectivity index (χ1n) is 9.16. The van der Waals surface area contributed by atoms with Gasteiger partial charge in [0.15, 0.2) is 9.84 Å². The van der Waals surface area contributed by atoms with Gasteiger partial charge < -0.3 is 14.6 Å². The van der Waals surface area contributed by atoms with Crippen LogP contribution in [-0.4, -0.2) is 68.7 Å². The second-order valence-corrected chi connectivity index (χ2v) is 10.5. The van der Waals surface area contributed by atoms with Crippen molar-refractivity contribution in [3.63, 3.8) is 0 Å². The molecular formula is C18H27BN2O5S. The van der Waals surface area contributed by atoms with E-state index in [1.165, 1.54) is 0 Å². The van der Waals surface area contributed by atoms with Crippen LogP contribution in [0.4, 0.5) is 5.69 Å². The molecule has 0 aromatic heterocycles. The highest BCUT2D eigenvalue weighted by molar-refractivity contribution is 7.91. The van der Waals surface area contributed by atoms with E-state index in [9.17, 15) is 13.2 Å². The Morgan fingerprint density at radius 1 is 1.07 bits per heavy atom. The van der Waals surface area contributed by atoms with Gasteiger partial charge in [0.1, 0.15) is 0 Å². The summed E-state index contributed by atoms with van der Waals surface area (Å²) in [4.78, 5) is 14.1. The van der Waals surface area contributed by atoms with E-state index >= 15 is 0 Å². The predicted octanol–water partition coefficient (Wildman–Crippen LogP) is 0.655.